The van der Waals surface area contributed by atoms with Gasteiger partial charge in [0.05, 0.1) is 0 Å². The molecule has 1 atom stereocenters. The van der Waals surface area contributed by atoms with E-state index in [1.165, 1.54) is 89.9 Å². The molecule has 1 unspecified atom stereocenters. The van der Waals surface area contributed by atoms with Gasteiger partial charge in [-0.15, -0.1) is 0 Å². The molecule has 0 bridgehead atoms. The van der Waals surface area contributed by atoms with E-state index in [9.17, 15) is 14.4 Å². The van der Waals surface area contributed by atoms with Crippen LogP contribution >= 0.6 is 0 Å². The van der Waals surface area contributed by atoms with Gasteiger partial charge in [0, 0.05) is 19.3 Å². The first kappa shape index (κ1) is 75.3. The zero-order chi connectivity index (χ0) is 57.8. The van der Waals surface area contributed by atoms with E-state index in [2.05, 4.69) is 167 Å². The van der Waals surface area contributed by atoms with Crippen LogP contribution in [-0.2, 0) is 28.6 Å². The van der Waals surface area contributed by atoms with E-state index in [1.54, 1.807) is 0 Å². The number of allylic oxidation sites excluding steroid dienone is 24. The zero-order valence-corrected chi connectivity index (χ0v) is 51.8. The van der Waals surface area contributed by atoms with Crippen molar-refractivity contribution in [2.45, 2.75) is 290 Å². The highest BCUT2D eigenvalue weighted by Gasteiger charge is 2.19. The molecule has 0 saturated carbocycles. The number of hydrogen-bond donors (Lipinski definition) is 0. The van der Waals surface area contributed by atoms with Crippen LogP contribution < -0.4 is 0 Å². The molecule has 0 aliphatic rings. The number of rotatable bonds is 58. The number of hydrogen-bond acceptors (Lipinski definition) is 6. The predicted molar refractivity (Wildman–Crippen MR) is 348 cm³/mol. The van der Waals surface area contributed by atoms with E-state index < -0.39 is 6.10 Å². The van der Waals surface area contributed by atoms with Crippen LogP contribution in [0.1, 0.15) is 284 Å². The van der Waals surface area contributed by atoms with Gasteiger partial charge in [0.1, 0.15) is 13.2 Å². The first-order valence-electron chi connectivity index (χ1n) is 32.8. The largest absolute Gasteiger partial charge is 0.462 e. The minimum absolute atomic E-state index is 0.0933. The van der Waals surface area contributed by atoms with Gasteiger partial charge in [-0.2, -0.15) is 0 Å². The minimum atomic E-state index is -0.798. The van der Waals surface area contributed by atoms with Crippen molar-refractivity contribution in [3.05, 3.63) is 146 Å². The maximum absolute atomic E-state index is 12.9. The SMILES string of the molecule is CC/C=C\C/C=C\C/C=C\C/C=C\C/C=C\C/C=C\C/C=C\CCCCCCCCCC(=O)OCC(COC(=O)CCCCCCC/C=C\CCCCC)OC(=O)CCCCCCCCCC/C=C\C/C=C\C/C=C\C/C=C\CC. The third-order valence-corrected chi connectivity index (χ3v) is 13.6. The Balaban J connectivity index is 4.36. The molecule has 0 spiro atoms. The molecule has 0 aliphatic carbocycles. The molecule has 6 heteroatoms. The molecule has 6 nitrogen and oxygen atoms in total. The van der Waals surface area contributed by atoms with Gasteiger partial charge in [0.2, 0.25) is 0 Å². The van der Waals surface area contributed by atoms with Crippen LogP contribution in [0.15, 0.2) is 146 Å². The van der Waals surface area contributed by atoms with E-state index in [4.69, 9.17) is 14.2 Å². The molecule has 0 radical (unpaired) electrons. The maximum Gasteiger partial charge on any atom is 0.306 e. The summed E-state index contributed by atoms with van der Waals surface area (Å²) >= 11 is 0. The Labute approximate surface area is 493 Å². The van der Waals surface area contributed by atoms with E-state index in [-0.39, 0.29) is 31.1 Å². The maximum atomic E-state index is 12.9. The molecule has 0 aliphatic heterocycles. The summed E-state index contributed by atoms with van der Waals surface area (Å²) in [7, 11) is 0. The first-order valence-corrected chi connectivity index (χ1v) is 32.8. The van der Waals surface area contributed by atoms with Gasteiger partial charge in [-0.1, -0.05) is 269 Å². The molecule has 0 N–H and O–H groups in total. The Hall–Kier alpha value is -4.71. The van der Waals surface area contributed by atoms with Gasteiger partial charge in [-0.25, -0.2) is 0 Å². The third-order valence-electron chi connectivity index (χ3n) is 13.6. The second-order valence-electron chi connectivity index (χ2n) is 21.3. The second-order valence-corrected chi connectivity index (χ2v) is 21.3. The monoisotopic (exact) mass is 1100 g/mol. The standard InChI is InChI=1S/C74H120O6/c1-4-7-10-13-16-19-22-25-27-29-31-33-34-35-36-37-38-39-40-42-43-45-47-49-52-55-58-61-64-67-73(76)79-70-71(69-78-72(75)66-63-60-57-54-51-24-21-18-15-12-9-6-3)80-74(77)68-65-62-59-56-53-50-48-46-44-41-32-30-28-26-23-20-17-14-11-8-5-2/h7-8,10-11,16-21,25-28,31-33,35-36,38-39,41-43,71H,4-6,9,12-15,22-24,29-30,34,37,40,44-70H2,1-3H3/b10-7-,11-8-,19-16-,20-17-,21-18-,27-25-,28-26-,33-31-,36-35-,39-38-,41-32-,43-42-. The summed E-state index contributed by atoms with van der Waals surface area (Å²) in [5, 5.41) is 0. The zero-order valence-electron chi connectivity index (χ0n) is 51.8. The lowest BCUT2D eigenvalue weighted by atomic mass is 10.1. The van der Waals surface area contributed by atoms with Crippen molar-refractivity contribution in [3.8, 4) is 0 Å². The summed E-state index contributed by atoms with van der Waals surface area (Å²) in [6.07, 6.45) is 95.6. The molecule has 0 aromatic carbocycles. The molecule has 80 heavy (non-hydrogen) atoms. The molecule has 0 aromatic heterocycles. The van der Waals surface area contributed by atoms with Gasteiger partial charge in [0.15, 0.2) is 6.10 Å². The Morgan fingerprint density at radius 3 is 0.775 bits per heavy atom. The molecular formula is C74H120O6. The normalized spacial score (nSPS) is 13.1. The van der Waals surface area contributed by atoms with Crippen molar-refractivity contribution in [2.75, 3.05) is 13.2 Å². The summed E-state index contributed by atoms with van der Waals surface area (Å²) in [6.45, 7) is 6.37. The van der Waals surface area contributed by atoms with Crippen molar-refractivity contribution in [2.24, 2.45) is 0 Å². The van der Waals surface area contributed by atoms with Crippen molar-refractivity contribution in [1.29, 1.82) is 0 Å². The molecule has 452 valence electrons. The number of unbranched alkanes of at least 4 members (excludes halogenated alkanes) is 23. The summed E-state index contributed by atoms with van der Waals surface area (Å²) in [5.74, 6) is -0.920. The van der Waals surface area contributed by atoms with Gasteiger partial charge in [0.25, 0.3) is 0 Å². The fourth-order valence-electron chi connectivity index (χ4n) is 8.70. The number of carbonyl (C=O) groups is 3. The summed E-state index contributed by atoms with van der Waals surface area (Å²) in [4.78, 5) is 38.3. The van der Waals surface area contributed by atoms with Crippen molar-refractivity contribution < 1.29 is 28.6 Å². The lowest BCUT2D eigenvalue weighted by Gasteiger charge is -2.18. The first-order chi connectivity index (χ1) is 39.5. The van der Waals surface area contributed by atoms with Crippen LogP contribution in [0.4, 0.5) is 0 Å². The highest BCUT2D eigenvalue weighted by molar-refractivity contribution is 5.71. The molecule has 0 saturated heterocycles. The molecular weight excluding hydrogens is 985 g/mol. The Kier molecular flexibility index (Phi) is 62.9. The van der Waals surface area contributed by atoms with Crippen LogP contribution in [0, 0.1) is 0 Å². The van der Waals surface area contributed by atoms with Gasteiger partial charge < -0.3 is 14.2 Å². The lowest BCUT2D eigenvalue weighted by molar-refractivity contribution is -0.167. The summed E-state index contributed by atoms with van der Waals surface area (Å²) < 4.78 is 16.9. The predicted octanol–water partition coefficient (Wildman–Crippen LogP) is 22.7. The fourth-order valence-corrected chi connectivity index (χ4v) is 8.70. The molecule has 0 rings (SSSR count). The van der Waals surface area contributed by atoms with Crippen LogP contribution in [0.3, 0.4) is 0 Å². The van der Waals surface area contributed by atoms with Crippen LogP contribution in [0.5, 0.6) is 0 Å². The van der Waals surface area contributed by atoms with Crippen molar-refractivity contribution in [1.82, 2.24) is 0 Å². The van der Waals surface area contributed by atoms with E-state index in [1.807, 2.05) is 0 Å². The smallest absolute Gasteiger partial charge is 0.306 e. The average Bonchev–Trinajstić information content (AvgIpc) is 3.46. The van der Waals surface area contributed by atoms with E-state index >= 15 is 0 Å². The quantitative estimate of drug-likeness (QED) is 0.0261. The topological polar surface area (TPSA) is 78.9 Å². The second kappa shape index (κ2) is 66.8. The fraction of sp³-hybridized carbons (Fsp3) is 0.635. The third kappa shape index (κ3) is 64.1. The lowest BCUT2D eigenvalue weighted by Crippen LogP contribution is -2.30. The number of esters is 3. The highest BCUT2D eigenvalue weighted by Crippen LogP contribution is 2.15. The highest BCUT2D eigenvalue weighted by atomic mass is 16.6. The minimum Gasteiger partial charge on any atom is -0.462 e. The van der Waals surface area contributed by atoms with Crippen molar-refractivity contribution in [3.63, 3.8) is 0 Å². The molecule has 0 heterocycles. The molecule has 0 fully saturated rings. The average molecular weight is 1110 g/mol. The Morgan fingerprint density at radius 2 is 0.487 bits per heavy atom. The Morgan fingerprint density at radius 1 is 0.263 bits per heavy atom. The van der Waals surface area contributed by atoms with Gasteiger partial charge in [-0.05, 0) is 141 Å². The number of ether oxygens (including phenoxy) is 3. The molecule has 0 amide bonds. The van der Waals surface area contributed by atoms with E-state index in [0.717, 1.165) is 154 Å². The Bertz CT molecular complexity index is 1750. The van der Waals surface area contributed by atoms with Crippen LogP contribution in [0.25, 0.3) is 0 Å². The van der Waals surface area contributed by atoms with Crippen LogP contribution in [-0.4, -0.2) is 37.2 Å². The van der Waals surface area contributed by atoms with Crippen molar-refractivity contribution >= 4 is 17.9 Å². The van der Waals surface area contributed by atoms with Gasteiger partial charge >= 0.3 is 17.9 Å². The molecule has 0 aromatic rings. The summed E-state index contributed by atoms with van der Waals surface area (Å²) in [5.41, 5.74) is 0. The van der Waals surface area contributed by atoms with Gasteiger partial charge in [-0.3, -0.25) is 14.4 Å². The van der Waals surface area contributed by atoms with Crippen LogP contribution in [0.2, 0.25) is 0 Å². The van der Waals surface area contributed by atoms with E-state index in [0.29, 0.717) is 19.3 Å². The summed E-state index contributed by atoms with van der Waals surface area (Å²) in [6, 6.07) is 0. The number of carbonyl (C=O) groups excluding carboxylic acids is 3.